The van der Waals surface area contributed by atoms with E-state index in [0.29, 0.717) is 16.6 Å². The standard InChI is InChI=1S/C20H20ClNO2/c21-16-4-2-1-3-15(16)8-17-18(23)24-19(22-17)20-9-12-5-13(10-20)7-14(6-12)11-20/h1-4,8,12-14H,5-7,9-11H2/b17-8-. The molecule has 24 heavy (non-hydrogen) atoms. The van der Waals surface area contributed by atoms with E-state index in [0.717, 1.165) is 42.6 Å². The molecule has 124 valence electrons. The van der Waals surface area contributed by atoms with Crippen LogP contribution in [0, 0.1) is 23.2 Å². The zero-order valence-electron chi connectivity index (χ0n) is 13.5. The Morgan fingerprint density at radius 3 is 2.33 bits per heavy atom. The number of carbonyl (C=O) groups is 1. The van der Waals surface area contributed by atoms with Crippen molar-refractivity contribution in [3.8, 4) is 0 Å². The van der Waals surface area contributed by atoms with Crippen LogP contribution in [0.5, 0.6) is 0 Å². The minimum atomic E-state index is -0.333. The van der Waals surface area contributed by atoms with E-state index in [1.54, 1.807) is 6.08 Å². The number of halogens is 1. The molecule has 1 heterocycles. The normalized spacial score (nSPS) is 38.5. The number of nitrogens with zero attached hydrogens (tertiary/aromatic N) is 1. The number of hydrogen-bond acceptors (Lipinski definition) is 3. The molecule has 4 fully saturated rings. The lowest BCUT2D eigenvalue weighted by Gasteiger charge is -2.55. The fraction of sp³-hybridized carbons (Fsp3) is 0.500. The first kappa shape index (κ1) is 14.7. The Morgan fingerprint density at radius 2 is 1.71 bits per heavy atom. The summed E-state index contributed by atoms with van der Waals surface area (Å²) in [5.74, 6) is 2.75. The minimum Gasteiger partial charge on any atom is -0.406 e. The van der Waals surface area contributed by atoms with Crippen LogP contribution >= 0.6 is 11.6 Å². The lowest BCUT2D eigenvalue weighted by molar-refractivity contribution is -0.131. The van der Waals surface area contributed by atoms with E-state index in [2.05, 4.69) is 4.99 Å². The average molecular weight is 342 g/mol. The van der Waals surface area contributed by atoms with Crippen molar-refractivity contribution in [1.82, 2.24) is 0 Å². The van der Waals surface area contributed by atoms with Crippen LogP contribution in [0.25, 0.3) is 6.08 Å². The second-order valence-corrected chi connectivity index (χ2v) is 8.46. The third-order valence-corrected chi connectivity index (χ3v) is 6.65. The van der Waals surface area contributed by atoms with Crippen molar-refractivity contribution in [2.75, 3.05) is 0 Å². The summed E-state index contributed by atoms with van der Waals surface area (Å²) in [7, 11) is 0. The van der Waals surface area contributed by atoms with Crippen LogP contribution in [0.15, 0.2) is 35.0 Å². The van der Waals surface area contributed by atoms with Crippen molar-refractivity contribution >= 4 is 29.5 Å². The first-order valence-corrected chi connectivity index (χ1v) is 9.27. The Kier molecular flexibility index (Phi) is 3.18. The summed E-state index contributed by atoms with van der Waals surface area (Å²) < 4.78 is 5.67. The van der Waals surface area contributed by atoms with Crippen molar-refractivity contribution in [2.45, 2.75) is 38.5 Å². The molecular weight excluding hydrogens is 322 g/mol. The molecule has 0 radical (unpaired) electrons. The van der Waals surface area contributed by atoms with E-state index < -0.39 is 0 Å². The molecule has 4 bridgehead atoms. The predicted octanol–water partition coefficient (Wildman–Crippen LogP) is 4.85. The highest BCUT2D eigenvalue weighted by molar-refractivity contribution is 6.32. The fourth-order valence-corrected chi connectivity index (χ4v) is 5.94. The van der Waals surface area contributed by atoms with Gasteiger partial charge < -0.3 is 4.74 Å². The van der Waals surface area contributed by atoms with E-state index in [-0.39, 0.29) is 11.4 Å². The molecule has 0 amide bonds. The lowest BCUT2D eigenvalue weighted by Crippen LogP contribution is -2.50. The van der Waals surface area contributed by atoms with Crippen molar-refractivity contribution in [3.05, 3.63) is 40.5 Å². The molecule has 1 aliphatic heterocycles. The molecule has 3 nitrogen and oxygen atoms in total. The number of hydrogen-bond donors (Lipinski definition) is 0. The van der Waals surface area contributed by atoms with Crippen molar-refractivity contribution in [3.63, 3.8) is 0 Å². The molecule has 4 heteroatoms. The summed E-state index contributed by atoms with van der Waals surface area (Å²) in [6.07, 6.45) is 9.27. The maximum Gasteiger partial charge on any atom is 0.363 e. The lowest BCUT2D eigenvalue weighted by atomic mass is 9.49. The Bertz CT molecular complexity index is 744. The molecule has 0 unspecified atom stereocenters. The summed E-state index contributed by atoms with van der Waals surface area (Å²) >= 11 is 6.20. The number of esters is 1. The zero-order valence-corrected chi connectivity index (χ0v) is 14.3. The third-order valence-electron chi connectivity index (χ3n) is 6.31. The van der Waals surface area contributed by atoms with E-state index in [1.165, 1.54) is 19.3 Å². The maximum atomic E-state index is 12.3. The van der Waals surface area contributed by atoms with E-state index in [4.69, 9.17) is 16.3 Å². The smallest absolute Gasteiger partial charge is 0.363 e. The second-order valence-electron chi connectivity index (χ2n) is 8.06. The van der Waals surface area contributed by atoms with Crippen LogP contribution in [-0.2, 0) is 9.53 Å². The van der Waals surface area contributed by atoms with Gasteiger partial charge in [-0.25, -0.2) is 9.79 Å². The average Bonchev–Trinajstić information content (AvgIpc) is 2.90. The molecule has 0 spiro atoms. The summed E-state index contributed by atoms with van der Waals surface area (Å²) in [4.78, 5) is 17.0. The van der Waals surface area contributed by atoms with Gasteiger partial charge in [-0.05, 0) is 74.0 Å². The molecule has 6 rings (SSSR count). The Balaban J connectivity index is 1.50. The SMILES string of the molecule is O=C1OC(C23CC4CC(CC(C4)C2)C3)=N/C1=C\c1ccccc1Cl. The summed E-state index contributed by atoms with van der Waals surface area (Å²) in [6, 6.07) is 7.49. The van der Waals surface area contributed by atoms with Gasteiger partial charge in [-0.3, -0.25) is 0 Å². The fourth-order valence-electron chi connectivity index (χ4n) is 5.75. The van der Waals surface area contributed by atoms with Crippen molar-refractivity contribution < 1.29 is 9.53 Å². The highest BCUT2D eigenvalue weighted by atomic mass is 35.5. The van der Waals surface area contributed by atoms with Gasteiger partial charge in [0.25, 0.3) is 0 Å². The van der Waals surface area contributed by atoms with Crippen molar-refractivity contribution in [2.24, 2.45) is 28.2 Å². The monoisotopic (exact) mass is 341 g/mol. The topological polar surface area (TPSA) is 38.7 Å². The molecule has 0 atom stereocenters. The maximum absolute atomic E-state index is 12.3. The van der Waals surface area contributed by atoms with Gasteiger partial charge in [0.1, 0.15) is 0 Å². The predicted molar refractivity (Wildman–Crippen MR) is 93.6 cm³/mol. The van der Waals surface area contributed by atoms with Crippen molar-refractivity contribution in [1.29, 1.82) is 0 Å². The number of aliphatic imine (C=N–C) groups is 1. The van der Waals surface area contributed by atoms with Gasteiger partial charge in [-0.2, -0.15) is 0 Å². The molecule has 4 saturated carbocycles. The molecule has 4 aliphatic carbocycles. The number of ether oxygens (including phenoxy) is 1. The van der Waals surface area contributed by atoms with Gasteiger partial charge in [0.2, 0.25) is 5.90 Å². The van der Waals surface area contributed by atoms with Gasteiger partial charge in [-0.15, -0.1) is 0 Å². The highest BCUT2D eigenvalue weighted by Gasteiger charge is 2.55. The van der Waals surface area contributed by atoms with Gasteiger partial charge in [0.15, 0.2) is 5.70 Å². The molecule has 0 saturated heterocycles. The van der Waals surface area contributed by atoms with Gasteiger partial charge in [0.05, 0.1) is 0 Å². The highest BCUT2D eigenvalue weighted by Crippen LogP contribution is 2.61. The largest absolute Gasteiger partial charge is 0.406 e. The van der Waals surface area contributed by atoms with Crippen LogP contribution in [0.4, 0.5) is 0 Å². The van der Waals surface area contributed by atoms with Gasteiger partial charge in [-0.1, -0.05) is 29.8 Å². The first-order chi connectivity index (χ1) is 11.6. The molecule has 1 aromatic carbocycles. The zero-order chi connectivity index (χ0) is 16.3. The van der Waals surface area contributed by atoms with Crippen LogP contribution in [0.1, 0.15) is 44.1 Å². The molecule has 1 aromatic rings. The van der Waals surface area contributed by atoms with E-state index in [1.807, 2.05) is 24.3 Å². The molecular formula is C20H20ClNO2. The quantitative estimate of drug-likeness (QED) is 0.569. The second kappa shape index (κ2) is 5.19. The number of carbonyl (C=O) groups excluding carboxylic acids is 1. The van der Waals surface area contributed by atoms with Crippen LogP contribution in [0.3, 0.4) is 0 Å². The summed E-state index contributed by atoms with van der Waals surface area (Å²) in [5, 5.41) is 0.622. The number of cyclic esters (lactones) is 1. The summed E-state index contributed by atoms with van der Waals surface area (Å²) in [6.45, 7) is 0. The van der Waals surface area contributed by atoms with Crippen LogP contribution < -0.4 is 0 Å². The Hall–Kier alpha value is -1.61. The molecule has 0 N–H and O–H groups in total. The van der Waals surface area contributed by atoms with Crippen LogP contribution in [0.2, 0.25) is 5.02 Å². The summed E-state index contributed by atoms with van der Waals surface area (Å²) in [5.41, 5.74) is 1.20. The number of benzene rings is 1. The number of rotatable bonds is 2. The van der Waals surface area contributed by atoms with E-state index in [9.17, 15) is 4.79 Å². The van der Waals surface area contributed by atoms with E-state index >= 15 is 0 Å². The first-order valence-electron chi connectivity index (χ1n) is 8.89. The van der Waals surface area contributed by atoms with Gasteiger partial charge >= 0.3 is 5.97 Å². The Labute approximate surface area is 146 Å². The van der Waals surface area contributed by atoms with Crippen LogP contribution in [-0.4, -0.2) is 11.9 Å². The third kappa shape index (κ3) is 2.25. The molecule has 0 aromatic heterocycles. The Morgan fingerprint density at radius 1 is 1.08 bits per heavy atom. The van der Waals surface area contributed by atoms with Gasteiger partial charge in [0, 0.05) is 10.4 Å². The molecule has 5 aliphatic rings. The minimum absolute atomic E-state index is 0.0144.